The minimum absolute atomic E-state index is 0.120. The number of ketones is 1. The molecule has 0 unspecified atom stereocenters. The first-order chi connectivity index (χ1) is 11.7. The molecule has 0 saturated carbocycles. The van der Waals surface area contributed by atoms with Gasteiger partial charge in [0.05, 0.1) is 10.5 Å². The maximum Gasteiger partial charge on any atom is 0.262 e. The maximum absolute atomic E-state index is 12.7. The fraction of sp³-hybridized carbons (Fsp3) is 0.211. The number of anilines is 1. The molecule has 1 aromatic heterocycles. The van der Waals surface area contributed by atoms with Crippen LogP contribution >= 0.6 is 0 Å². The van der Waals surface area contributed by atoms with Gasteiger partial charge >= 0.3 is 0 Å². The van der Waals surface area contributed by atoms with E-state index in [1.54, 1.807) is 44.2 Å². The van der Waals surface area contributed by atoms with Crippen molar-refractivity contribution in [1.29, 1.82) is 0 Å². The average molecular weight is 357 g/mol. The van der Waals surface area contributed by atoms with Gasteiger partial charge in [-0.25, -0.2) is 8.42 Å². The van der Waals surface area contributed by atoms with Crippen LogP contribution in [0.4, 0.5) is 5.69 Å². The van der Waals surface area contributed by atoms with Crippen molar-refractivity contribution in [3.63, 3.8) is 0 Å². The number of carbonyl (C=O) groups excluding carboxylic acids is 1. The van der Waals surface area contributed by atoms with Gasteiger partial charge in [-0.1, -0.05) is 12.1 Å². The summed E-state index contributed by atoms with van der Waals surface area (Å²) in [5, 5.41) is 0.603. The van der Waals surface area contributed by atoms with Gasteiger partial charge in [0, 0.05) is 11.1 Å². The number of sulfonamides is 1. The van der Waals surface area contributed by atoms with Crippen LogP contribution in [0.1, 0.15) is 34.2 Å². The molecule has 0 bridgehead atoms. The number of Topliss-reactive ketones (excluding diaryl/α,β-unsaturated/α-hetero) is 1. The summed E-state index contributed by atoms with van der Waals surface area (Å²) in [6, 6.07) is 10.2. The molecule has 0 radical (unpaired) electrons. The van der Waals surface area contributed by atoms with Gasteiger partial charge in [-0.3, -0.25) is 9.52 Å². The van der Waals surface area contributed by atoms with Crippen molar-refractivity contribution in [2.45, 2.75) is 32.6 Å². The van der Waals surface area contributed by atoms with E-state index in [1.807, 2.05) is 13.0 Å². The topological polar surface area (TPSA) is 76.4 Å². The van der Waals surface area contributed by atoms with E-state index in [0.29, 0.717) is 33.5 Å². The Balaban J connectivity index is 2.07. The molecule has 0 aliphatic heterocycles. The predicted molar refractivity (Wildman–Crippen MR) is 97.7 cm³/mol. The Morgan fingerprint density at radius 1 is 1.04 bits per heavy atom. The lowest BCUT2D eigenvalue weighted by atomic mass is 10.1. The predicted octanol–water partition coefficient (Wildman–Crippen LogP) is 4.36. The third-order valence-electron chi connectivity index (χ3n) is 4.10. The standard InChI is InChI=1S/C19H19NO4S/c1-11-5-6-12(2)18(9-11)25(22,23)20-15-7-8-17-16(10-15)19(13(3)21)14(4)24-17/h5-10,20H,1-4H3. The van der Waals surface area contributed by atoms with Crippen LogP contribution in [0.3, 0.4) is 0 Å². The molecule has 0 aliphatic rings. The van der Waals surface area contributed by atoms with Gasteiger partial charge in [0.1, 0.15) is 11.3 Å². The Hall–Kier alpha value is -2.60. The second-order valence-corrected chi connectivity index (χ2v) is 7.83. The largest absolute Gasteiger partial charge is 0.461 e. The van der Waals surface area contributed by atoms with E-state index in [4.69, 9.17) is 4.42 Å². The van der Waals surface area contributed by atoms with Gasteiger partial charge in [0.25, 0.3) is 10.0 Å². The van der Waals surface area contributed by atoms with Gasteiger partial charge in [-0.15, -0.1) is 0 Å². The Kier molecular flexibility index (Phi) is 4.16. The van der Waals surface area contributed by atoms with E-state index in [1.165, 1.54) is 6.92 Å². The second-order valence-electron chi connectivity index (χ2n) is 6.17. The van der Waals surface area contributed by atoms with E-state index in [2.05, 4.69) is 4.72 Å². The summed E-state index contributed by atoms with van der Waals surface area (Å²) >= 11 is 0. The first kappa shape index (κ1) is 17.2. The minimum atomic E-state index is -3.73. The number of benzene rings is 2. The molecule has 0 spiro atoms. The van der Waals surface area contributed by atoms with Gasteiger partial charge in [0.2, 0.25) is 0 Å². The van der Waals surface area contributed by atoms with Crippen LogP contribution in [-0.2, 0) is 10.0 Å². The number of hydrogen-bond acceptors (Lipinski definition) is 4. The second kappa shape index (κ2) is 6.04. The van der Waals surface area contributed by atoms with E-state index >= 15 is 0 Å². The molecule has 0 fully saturated rings. The van der Waals surface area contributed by atoms with Crippen molar-refractivity contribution in [3.8, 4) is 0 Å². The number of fused-ring (bicyclic) bond motifs is 1. The van der Waals surface area contributed by atoms with Crippen LogP contribution in [0.2, 0.25) is 0 Å². The maximum atomic E-state index is 12.7. The lowest BCUT2D eigenvalue weighted by Gasteiger charge is -2.11. The van der Waals surface area contributed by atoms with Crippen LogP contribution in [0.15, 0.2) is 45.7 Å². The number of rotatable bonds is 4. The molecular formula is C19H19NO4S. The summed E-state index contributed by atoms with van der Waals surface area (Å²) in [5.74, 6) is 0.405. The van der Waals surface area contributed by atoms with E-state index in [9.17, 15) is 13.2 Å². The zero-order chi connectivity index (χ0) is 18.4. The zero-order valence-electron chi connectivity index (χ0n) is 14.5. The van der Waals surface area contributed by atoms with Crippen molar-refractivity contribution < 1.29 is 17.6 Å². The normalized spacial score (nSPS) is 11.7. The Morgan fingerprint density at radius 2 is 1.76 bits per heavy atom. The number of hydrogen-bond donors (Lipinski definition) is 1. The minimum Gasteiger partial charge on any atom is -0.461 e. The third-order valence-corrected chi connectivity index (χ3v) is 5.62. The highest BCUT2D eigenvalue weighted by molar-refractivity contribution is 7.92. The Morgan fingerprint density at radius 3 is 2.44 bits per heavy atom. The molecule has 0 aliphatic carbocycles. The SMILES string of the molecule is CC(=O)c1c(C)oc2ccc(NS(=O)(=O)c3cc(C)ccc3C)cc12. The number of aryl methyl sites for hydroxylation is 3. The summed E-state index contributed by atoms with van der Waals surface area (Å²) in [6.45, 7) is 6.78. The lowest BCUT2D eigenvalue weighted by Crippen LogP contribution is -2.14. The number of furan rings is 1. The molecule has 3 rings (SSSR count). The van der Waals surface area contributed by atoms with Crippen LogP contribution in [0.5, 0.6) is 0 Å². The lowest BCUT2D eigenvalue weighted by molar-refractivity contribution is 0.101. The first-order valence-electron chi connectivity index (χ1n) is 7.83. The molecule has 5 nitrogen and oxygen atoms in total. The van der Waals surface area contributed by atoms with Crippen molar-refractivity contribution in [1.82, 2.24) is 0 Å². The summed E-state index contributed by atoms with van der Waals surface area (Å²) < 4.78 is 33.6. The molecule has 25 heavy (non-hydrogen) atoms. The molecule has 0 saturated heterocycles. The van der Waals surface area contributed by atoms with E-state index in [-0.39, 0.29) is 10.7 Å². The molecule has 2 aromatic carbocycles. The molecule has 0 amide bonds. The third kappa shape index (κ3) is 3.17. The molecule has 1 N–H and O–H groups in total. The zero-order valence-corrected chi connectivity index (χ0v) is 15.3. The van der Waals surface area contributed by atoms with Crippen molar-refractivity contribution in [2.24, 2.45) is 0 Å². The van der Waals surface area contributed by atoms with Gasteiger partial charge in [0.15, 0.2) is 5.78 Å². The Labute approximate surface area is 146 Å². The molecule has 0 atom stereocenters. The first-order valence-corrected chi connectivity index (χ1v) is 9.31. The highest BCUT2D eigenvalue weighted by atomic mass is 32.2. The fourth-order valence-corrected chi connectivity index (χ4v) is 4.31. The van der Waals surface area contributed by atoms with Gasteiger partial charge < -0.3 is 4.42 Å². The highest BCUT2D eigenvalue weighted by Gasteiger charge is 2.19. The number of nitrogens with one attached hydrogen (secondary N) is 1. The van der Waals surface area contributed by atoms with Crippen molar-refractivity contribution >= 4 is 32.5 Å². The van der Waals surface area contributed by atoms with Crippen molar-refractivity contribution in [3.05, 3.63) is 58.8 Å². The molecule has 130 valence electrons. The smallest absolute Gasteiger partial charge is 0.262 e. The van der Waals surface area contributed by atoms with E-state index < -0.39 is 10.0 Å². The fourth-order valence-electron chi connectivity index (χ4n) is 2.93. The van der Waals surface area contributed by atoms with Gasteiger partial charge in [-0.05, 0) is 63.1 Å². The summed E-state index contributed by atoms with van der Waals surface area (Å²) in [5.41, 5.74) is 2.95. The molecule has 3 aromatic rings. The van der Waals surface area contributed by atoms with Crippen LogP contribution in [0.25, 0.3) is 11.0 Å². The molecular weight excluding hydrogens is 338 g/mol. The summed E-state index contributed by atoms with van der Waals surface area (Å²) in [7, 11) is -3.73. The quantitative estimate of drug-likeness (QED) is 0.704. The van der Waals surface area contributed by atoms with Gasteiger partial charge in [-0.2, -0.15) is 0 Å². The highest BCUT2D eigenvalue weighted by Crippen LogP contribution is 2.29. The van der Waals surface area contributed by atoms with Crippen molar-refractivity contribution in [2.75, 3.05) is 4.72 Å². The monoisotopic (exact) mass is 357 g/mol. The van der Waals surface area contributed by atoms with Crippen LogP contribution in [0, 0.1) is 20.8 Å². The summed E-state index contributed by atoms with van der Waals surface area (Å²) in [4.78, 5) is 12.1. The van der Waals surface area contributed by atoms with Crippen LogP contribution in [-0.4, -0.2) is 14.2 Å². The number of carbonyl (C=O) groups is 1. The molecule has 1 heterocycles. The Bertz CT molecular complexity index is 1090. The molecule has 6 heteroatoms. The van der Waals surface area contributed by atoms with E-state index in [0.717, 1.165) is 5.56 Å². The van der Waals surface area contributed by atoms with Crippen LogP contribution < -0.4 is 4.72 Å². The average Bonchev–Trinajstić information content (AvgIpc) is 2.84. The summed E-state index contributed by atoms with van der Waals surface area (Å²) in [6.07, 6.45) is 0.